The summed E-state index contributed by atoms with van der Waals surface area (Å²) in [6.45, 7) is -0.222. The number of alkyl halides is 3. The molecule has 0 spiro atoms. The van der Waals surface area contributed by atoms with Gasteiger partial charge in [0.25, 0.3) is 0 Å². The number of thiophene rings is 1. The third-order valence-electron chi connectivity index (χ3n) is 4.45. The fourth-order valence-corrected chi connectivity index (χ4v) is 3.82. The number of carbonyl (C=O) groups is 1. The normalized spacial score (nSPS) is 12.5. The number of halogens is 3. The van der Waals surface area contributed by atoms with E-state index in [-0.39, 0.29) is 29.9 Å². The molecule has 10 heteroatoms. The molecule has 6 nitrogen and oxygen atoms in total. The highest BCUT2D eigenvalue weighted by Gasteiger charge is 2.30. The molecule has 0 radical (unpaired) electrons. The number of tetrazole rings is 1. The second kappa shape index (κ2) is 8.68. The van der Waals surface area contributed by atoms with Crippen molar-refractivity contribution in [3.63, 3.8) is 0 Å². The van der Waals surface area contributed by atoms with Crippen LogP contribution in [0.3, 0.4) is 0 Å². The van der Waals surface area contributed by atoms with Crippen molar-refractivity contribution in [2.45, 2.75) is 18.8 Å². The van der Waals surface area contributed by atoms with Gasteiger partial charge >= 0.3 is 6.18 Å². The first-order valence-electron chi connectivity index (χ1n) is 9.23. The average molecular weight is 443 g/mol. The van der Waals surface area contributed by atoms with Crippen molar-refractivity contribution in [2.75, 3.05) is 0 Å². The Bertz CT molecular complexity index is 1160. The highest BCUT2D eigenvalue weighted by Crippen LogP contribution is 2.31. The van der Waals surface area contributed by atoms with Crippen molar-refractivity contribution in [3.8, 4) is 11.4 Å². The highest BCUT2D eigenvalue weighted by molar-refractivity contribution is 7.10. The molecule has 4 rings (SSSR count). The summed E-state index contributed by atoms with van der Waals surface area (Å²) in [5.74, 6) is -0.341. The molecule has 31 heavy (non-hydrogen) atoms. The topological polar surface area (TPSA) is 72.7 Å². The zero-order valence-corrected chi connectivity index (χ0v) is 16.8. The van der Waals surface area contributed by atoms with E-state index in [4.69, 9.17) is 0 Å². The van der Waals surface area contributed by atoms with Gasteiger partial charge in [0.1, 0.15) is 6.54 Å². The number of benzene rings is 2. The highest BCUT2D eigenvalue weighted by atomic mass is 32.1. The second-order valence-electron chi connectivity index (χ2n) is 6.65. The van der Waals surface area contributed by atoms with Gasteiger partial charge in [-0.1, -0.05) is 48.5 Å². The van der Waals surface area contributed by atoms with Crippen LogP contribution in [0.4, 0.5) is 13.2 Å². The van der Waals surface area contributed by atoms with Gasteiger partial charge in [-0.3, -0.25) is 4.79 Å². The lowest BCUT2D eigenvalue weighted by Gasteiger charge is -2.17. The lowest BCUT2D eigenvalue weighted by molar-refractivity contribution is -0.137. The third-order valence-corrected chi connectivity index (χ3v) is 5.39. The monoisotopic (exact) mass is 443 g/mol. The lowest BCUT2D eigenvalue weighted by atomic mass is 10.1. The van der Waals surface area contributed by atoms with Crippen LogP contribution in [0.2, 0.25) is 0 Å². The van der Waals surface area contributed by atoms with Crippen molar-refractivity contribution < 1.29 is 18.0 Å². The second-order valence-corrected chi connectivity index (χ2v) is 7.63. The molecule has 0 aliphatic rings. The quantitative estimate of drug-likeness (QED) is 0.482. The Kier molecular flexibility index (Phi) is 5.81. The molecule has 1 N–H and O–H groups in total. The summed E-state index contributed by atoms with van der Waals surface area (Å²) < 4.78 is 38.8. The number of aromatic nitrogens is 4. The van der Waals surface area contributed by atoms with Crippen LogP contribution in [-0.4, -0.2) is 26.1 Å². The fourth-order valence-electron chi connectivity index (χ4n) is 3.02. The number of hydrogen-bond acceptors (Lipinski definition) is 5. The van der Waals surface area contributed by atoms with Gasteiger partial charge in [0.2, 0.25) is 11.7 Å². The van der Waals surface area contributed by atoms with E-state index in [1.807, 2.05) is 47.8 Å². The van der Waals surface area contributed by atoms with Crippen LogP contribution in [0.15, 0.2) is 72.1 Å². The Morgan fingerprint density at radius 1 is 1.06 bits per heavy atom. The Hall–Kier alpha value is -3.53. The van der Waals surface area contributed by atoms with Gasteiger partial charge in [-0.05, 0) is 34.4 Å². The Morgan fingerprint density at radius 3 is 2.58 bits per heavy atom. The minimum atomic E-state index is -4.47. The molecule has 1 amide bonds. The number of nitrogens with zero attached hydrogens (tertiary/aromatic N) is 4. The first-order chi connectivity index (χ1) is 14.9. The Balaban J connectivity index is 1.49. The van der Waals surface area contributed by atoms with Gasteiger partial charge in [0.15, 0.2) is 0 Å². The average Bonchev–Trinajstić information content (AvgIpc) is 3.45. The molecule has 158 valence electrons. The zero-order valence-electron chi connectivity index (χ0n) is 16.0. The molecule has 0 bridgehead atoms. The van der Waals surface area contributed by atoms with Gasteiger partial charge in [0.05, 0.1) is 11.6 Å². The third kappa shape index (κ3) is 4.97. The number of amides is 1. The van der Waals surface area contributed by atoms with E-state index in [9.17, 15) is 18.0 Å². The Labute approximate surface area is 179 Å². The van der Waals surface area contributed by atoms with Crippen LogP contribution in [0.25, 0.3) is 11.4 Å². The van der Waals surface area contributed by atoms with Gasteiger partial charge in [-0.15, -0.1) is 21.5 Å². The van der Waals surface area contributed by atoms with Crippen molar-refractivity contribution >= 4 is 17.2 Å². The van der Waals surface area contributed by atoms with Crippen molar-refractivity contribution in [2.24, 2.45) is 0 Å². The van der Waals surface area contributed by atoms with E-state index >= 15 is 0 Å². The Morgan fingerprint density at radius 2 is 1.87 bits per heavy atom. The maximum absolute atomic E-state index is 12.9. The van der Waals surface area contributed by atoms with Crippen molar-refractivity contribution in [1.82, 2.24) is 25.5 Å². The molecule has 0 saturated heterocycles. The fraction of sp³-hybridized carbons (Fsp3) is 0.143. The minimum Gasteiger partial charge on any atom is -0.343 e. The molecule has 1 atom stereocenters. The van der Waals surface area contributed by atoms with E-state index in [2.05, 4.69) is 20.7 Å². The summed E-state index contributed by atoms with van der Waals surface area (Å²) in [6.07, 6.45) is -4.47. The number of hydrogen-bond donors (Lipinski definition) is 1. The van der Waals surface area contributed by atoms with Crippen LogP contribution < -0.4 is 5.32 Å². The standard InChI is InChI=1S/C21H16F3N5OS/c22-21(23,24)16-9-4-8-15(12-16)20-26-28-29(27-20)13-18(30)25-19(17-10-5-11-31-17)14-6-2-1-3-7-14/h1-12,19H,13H2,(H,25,30)/t19-/m0/s1. The van der Waals surface area contributed by atoms with Crippen LogP contribution in [0.5, 0.6) is 0 Å². The molecule has 0 fully saturated rings. The van der Waals surface area contributed by atoms with Crippen molar-refractivity contribution in [3.05, 3.63) is 88.1 Å². The molecule has 0 aliphatic carbocycles. The molecule has 0 aliphatic heterocycles. The molecular formula is C21H16F3N5OS. The molecule has 2 heterocycles. The van der Waals surface area contributed by atoms with Crippen LogP contribution >= 0.6 is 11.3 Å². The molecule has 2 aromatic carbocycles. The molecule has 4 aromatic rings. The van der Waals surface area contributed by atoms with Gasteiger partial charge < -0.3 is 5.32 Å². The van der Waals surface area contributed by atoms with Gasteiger partial charge in [-0.25, -0.2) is 0 Å². The summed E-state index contributed by atoms with van der Waals surface area (Å²) in [5, 5.41) is 16.5. The number of rotatable bonds is 6. The summed E-state index contributed by atoms with van der Waals surface area (Å²) >= 11 is 1.52. The molecule has 0 unspecified atom stereocenters. The largest absolute Gasteiger partial charge is 0.416 e. The van der Waals surface area contributed by atoms with Crippen LogP contribution in [0.1, 0.15) is 22.0 Å². The van der Waals surface area contributed by atoms with E-state index in [1.165, 1.54) is 23.5 Å². The molecule has 0 saturated carbocycles. The number of nitrogens with one attached hydrogen (secondary N) is 1. The minimum absolute atomic E-state index is 0.0109. The molecule has 2 aromatic heterocycles. The maximum Gasteiger partial charge on any atom is 0.416 e. The first-order valence-corrected chi connectivity index (χ1v) is 10.1. The smallest absolute Gasteiger partial charge is 0.343 e. The SMILES string of the molecule is O=C(Cn1nnc(-c2cccc(C(F)(F)F)c2)n1)N[C@@H](c1ccccc1)c1cccs1. The van der Waals surface area contributed by atoms with Crippen LogP contribution in [-0.2, 0) is 17.5 Å². The zero-order chi connectivity index (χ0) is 21.8. The van der Waals surface area contributed by atoms with Crippen LogP contribution in [0, 0.1) is 0 Å². The lowest BCUT2D eigenvalue weighted by Crippen LogP contribution is -2.32. The molecular weight excluding hydrogens is 427 g/mol. The van der Waals surface area contributed by atoms with E-state index in [0.717, 1.165) is 27.4 Å². The predicted molar refractivity (Wildman–Crippen MR) is 109 cm³/mol. The first kappa shape index (κ1) is 20.7. The summed E-state index contributed by atoms with van der Waals surface area (Å²) in [5.41, 5.74) is 0.289. The van der Waals surface area contributed by atoms with Gasteiger partial charge in [-0.2, -0.15) is 18.0 Å². The maximum atomic E-state index is 12.9. The van der Waals surface area contributed by atoms with E-state index in [1.54, 1.807) is 0 Å². The summed E-state index contributed by atoms with van der Waals surface area (Å²) in [4.78, 5) is 14.7. The predicted octanol–water partition coefficient (Wildman–Crippen LogP) is 4.33. The summed E-state index contributed by atoms with van der Waals surface area (Å²) in [6, 6.07) is 17.7. The number of carbonyl (C=O) groups excluding carboxylic acids is 1. The van der Waals surface area contributed by atoms with Crippen molar-refractivity contribution in [1.29, 1.82) is 0 Å². The van der Waals surface area contributed by atoms with E-state index in [0.29, 0.717) is 0 Å². The van der Waals surface area contributed by atoms with E-state index < -0.39 is 11.7 Å². The van der Waals surface area contributed by atoms with Gasteiger partial charge in [0, 0.05) is 10.4 Å². The summed E-state index contributed by atoms with van der Waals surface area (Å²) in [7, 11) is 0.